The molecule has 2 aliphatic heterocycles. The van der Waals surface area contributed by atoms with E-state index in [2.05, 4.69) is 48.2 Å². The lowest BCUT2D eigenvalue weighted by Crippen LogP contribution is -2.44. The third kappa shape index (κ3) is 3.05. The predicted octanol–water partition coefficient (Wildman–Crippen LogP) is 3.52. The first-order chi connectivity index (χ1) is 12.6. The molecule has 2 heterocycles. The molecule has 136 valence electrons. The van der Waals surface area contributed by atoms with E-state index in [0.29, 0.717) is 6.42 Å². The molecular weight excluding hydrogens is 322 g/mol. The Hall–Kier alpha value is -2.13. The number of hydrogen-bond donors (Lipinski definition) is 1. The highest BCUT2D eigenvalue weighted by atomic mass is 16.3. The summed E-state index contributed by atoms with van der Waals surface area (Å²) in [6, 6.07) is 19.1. The number of aliphatic hydroxyl groups excluding tert-OH is 1. The number of carbonyl (C=O) groups is 1. The molecule has 0 saturated carbocycles. The maximum absolute atomic E-state index is 13.1. The molecule has 26 heavy (non-hydrogen) atoms. The van der Waals surface area contributed by atoms with Crippen LogP contribution in [0.1, 0.15) is 36.0 Å². The molecule has 3 heteroatoms. The minimum absolute atomic E-state index is 0.150. The molecule has 0 unspecified atom stereocenters. The van der Waals surface area contributed by atoms with E-state index >= 15 is 0 Å². The smallest absolute Gasteiger partial charge is 0.227 e. The van der Waals surface area contributed by atoms with Crippen LogP contribution in [0, 0.1) is 12.3 Å². The van der Waals surface area contributed by atoms with E-state index in [9.17, 15) is 9.90 Å². The third-order valence-corrected chi connectivity index (χ3v) is 6.33. The Morgan fingerprint density at radius 3 is 2.50 bits per heavy atom. The largest absolute Gasteiger partial charge is 0.396 e. The Kier molecular flexibility index (Phi) is 4.58. The number of amides is 1. The summed E-state index contributed by atoms with van der Waals surface area (Å²) in [5, 5.41) is 10.3. The van der Waals surface area contributed by atoms with Gasteiger partial charge in [-0.15, -0.1) is 0 Å². The number of aliphatic hydroxyl groups is 1. The van der Waals surface area contributed by atoms with Crippen molar-refractivity contribution < 1.29 is 9.90 Å². The summed E-state index contributed by atoms with van der Waals surface area (Å²) in [6.07, 6.45) is 4.31. The quantitative estimate of drug-likeness (QED) is 0.897. The van der Waals surface area contributed by atoms with Crippen molar-refractivity contribution in [1.82, 2.24) is 4.90 Å². The van der Waals surface area contributed by atoms with Gasteiger partial charge >= 0.3 is 0 Å². The summed E-state index contributed by atoms with van der Waals surface area (Å²) in [7, 11) is 0. The van der Waals surface area contributed by atoms with Crippen molar-refractivity contribution in [3.8, 4) is 0 Å². The molecule has 3 atom stereocenters. The molecule has 4 rings (SSSR count). The Morgan fingerprint density at radius 1 is 1.08 bits per heavy atom. The van der Waals surface area contributed by atoms with Crippen LogP contribution in [-0.4, -0.2) is 34.6 Å². The first-order valence-corrected chi connectivity index (χ1v) is 9.63. The highest BCUT2D eigenvalue weighted by Gasteiger charge is 2.56. The maximum Gasteiger partial charge on any atom is 0.227 e. The van der Waals surface area contributed by atoms with Gasteiger partial charge in [0.05, 0.1) is 13.0 Å². The van der Waals surface area contributed by atoms with E-state index < -0.39 is 0 Å². The zero-order valence-corrected chi connectivity index (χ0v) is 15.4. The molecule has 1 amide bonds. The fraction of sp³-hybridized carbons (Fsp3) is 0.435. The van der Waals surface area contributed by atoms with Gasteiger partial charge < -0.3 is 10.0 Å². The first-order valence-electron chi connectivity index (χ1n) is 9.63. The lowest BCUT2D eigenvalue weighted by Gasteiger charge is -2.36. The summed E-state index contributed by atoms with van der Waals surface area (Å²) in [5.41, 5.74) is 3.35. The average Bonchev–Trinajstić information content (AvgIpc) is 3.21. The van der Waals surface area contributed by atoms with E-state index in [1.165, 1.54) is 11.1 Å². The highest BCUT2D eigenvalue weighted by Crippen LogP contribution is 2.51. The molecule has 2 aromatic carbocycles. The van der Waals surface area contributed by atoms with Crippen molar-refractivity contribution in [2.75, 3.05) is 6.61 Å². The molecule has 0 aliphatic carbocycles. The van der Waals surface area contributed by atoms with Crippen LogP contribution in [-0.2, 0) is 17.6 Å². The number of hydrogen-bond acceptors (Lipinski definition) is 2. The third-order valence-electron chi connectivity index (χ3n) is 6.33. The zero-order chi connectivity index (χ0) is 18.1. The van der Waals surface area contributed by atoms with Gasteiger partial charge in [0.2, 0.25) is 5.91 Å². The fourth-order valence-electron chi connectivity index (χ4n) is 5.06. The van der Waals surface area contributed by atoms with Crippen LogP contribution in [0.5, 0.6) is 0 Å². The molecular formula is C23H27NO2. The number of aryl methyl sites for hydroxylation is 1. The lowest BCUT2D eigenvalue weighted by molar-refractivity contribution is -0.132. The van der Waals surface area contributed by atoms with Crippen LogP contribution >= 0.6 is 0 Å². The van der Waals surface area contributed by atoms with Crippen molar-refractivity contribution in [1.29, 1.82) is 0 Å². The molecule has 2 aromatic rings. The SMILES string of the molecule is Cc1ccc(CC(=O)N2[C@H]3CC[C@@H]2[C@@](CO)(Cc2ccccc2)C3)cc1. The number of benzene rings is 2. The van der Waals surface area contributed by atoms with Crippen LogP contribution in [0.15, 0.2) is 54.6 Å². The van der Waals surface area contributed by atoms with Crippen molar-refractivity contribution in [2.24, 2.45) is 5.41 Å². The van der Waals surface area contributed by atoms with Crippen molar-refractivity contribution in [3.05, 3.63) is 71.3 Å². The Bertz CT molecular complexity index is 771. The van der Waals surface area contributed by atoms with Crippen LogP contribution in [0.3, 0.4) is 0 Å². The molecule has 0 radical (unpaired) electrons. The van der Waals surface area contributed by atoms with E-state index in [4.69, 9.17) is 0 Å². The van der Waals surface area contributed by atoms with Gasteiger partial charge in [-0.25, -0.2) is 0 Å². The first kappa shape index (κ1) is 17.3. The zero-order valence-electron chi connectivity index (χ0n) is 15.4. The van der Waals surface area contributed by atoms with Crippen LogP contribution in [0.25, 0.3) is 0 Å². The summed E-state index contributed by atoms with van der Waals surface area (Å²) in [6.45, 7) is 2.21. The summed E-state index contributed by atoms with van der Waals surface area (Å²) < 4.78 is 0. The minimum atomic E-state index is -0.187. The molecule has 3 nitrogen and oxygen atoms in total. The Labute approximate surface area is 155 Å². The Balaban J connectivity index is 1.53. The molecule has 2 bridgehead atoms. The highest BCUT2D eigenvalue weighted by molar-refractivity contribution is 5.80. The van der Waals surface area contributed by atoms with Gasteiger partial charge in [0.25, 0.3) is 0 Å². The molecule has 1 N–H and O–H groups in total. The van der Waals surface area contributed by atoms with Crippen molar-refractivity contribution in [3.63, 3.8) is 0 Å². The number of rotatable bonds is 5. The molecule has 0 spiro atoms. The second kappa shape index (κ2) is 6.88. The van der Waals surface area contributed by atoms with E-state index in [1.54, 1.807) is 0 Å². The average molecular weight is 349 g/mol. The van der Waals surface area contributed by atoms with Gasteiger partial charge in [-0.1, -0.05) is 60.2 Å². The maximum atomic E-state index is 13.1. The van der Waals surface area contributed by atoms with Crippen LogP contribution in [0.4, 0.5) is 0 Å². The lowest BCUT2D eigenvalue weighted by atomic mass is 9.70. The normalized spacial score (nSPS) is 27.1. The van der Waals surface area contributed by atoms with Gasteiger partial charge in [0.1, 0.15) is 0 Å². The number of fused-ring (bicyclic) bond motifs is 2. The standard InChI is InChI=1S/C23H27NO2/c1-17-7-9-18(10-8-17)13-22(26)24-20-11-12-21(24)23(15-20,16-25)14-19-5-3-2-4-6-19/h2-10,20-21,25H,11-16H2,1H3/t20-,21+,23-/m0/s1. The second-order valence-corrected chi connectivity index (χ2v) is 8.10. The topological polar surface area (TPSA) is 40.5 Å². The fourth-order valence-corrected chi connectivity index (χ4v) is 5.06. The van der Waals surface area contributed by atoms with E-state index in [1.807, 2.05) is 18.2 Å². The monoisotopic (exact) mass is 349 g/mol. The van der Waals surface area contributed by atoms with Crippen LogP contribution in [0.2, 0.25) is 0 Å². The molecule has 0 aromatic heterocycles. The van der Waals surface area contributed by atoms with Gasteiger partial charge in [0.15, 0.2) is 0 Å². The number of carbonyl (C=O) groups excluding carboxylic acids is 1. The van der Waals surface area contributed by atoms with E-state index in [-0.39, 0.29) is 30.0 Å². The molecule has 2 saturated heterocycles. The van der Waals surface area contributed by atoms with Gasteiger partial charge in [0, 0.05) is 17.5 Å². The summed E-state index contributed by atoms with van der Waals surface area (Å²) >= 11 is 0. The second-order valence-electron chi connectivity index (χ2n) is 8.10. The van der Waals surface area contributed by atoms with Crippen molar-refractivity contribution in [2.45, 2.75) is 51.1 Å². The van der Waals surface area contributed by atoms with Crippen molar-refractivity contribution >= 4 is 5.91 Å². The number of nitrogens with zero attached hydrogens (tertiary/aromatic N) is 1. The van der Waals surface area contributed by atoms with Gasteiger partial charge in [-0.3, -0.25) is 4.79 Å². The van der Waals surface area contributed by atoms with Gasteiger partial charge in [-0.05, 0) is 43.7 Å². The Morgan fingerprint density at radius 2 is 1.81 bits per heavy atom. The predicted molar refractivity (Wildman–Crippen MR) is 103 cm³/mol. The van der Waals surface area contributed by atoms with E-state index in [0.717, 1.165) is 31.2 Å². The van der Waals surface area contributed by atoms with Crippen LogP contribution < -0.4 is 0 Å². The molecule has 2 fully saturated rings. The molecule has 2 aliphatic rings. The minimum Gasteiger partial charge on any atom is -0.396 e. The summed E-state index contributed by atoms with van der Waals surface area (Å²) in [5.74, 6) is 0.213. The summed E-state index contributed by atoms with van der Waals surface area (Å²) in [4.78, 5) is 15.2. The van der Waals surface area contributed by atoms with Gasteiger partial charge in [-0.2, -0.15) is 0 Å².